The molecule has 0 N–H and O–H groups in total. The molecule has 0 bridgehead atoms. The van der Waals surface area contributed by atoms with Crippen LogP contribution in [-0.4, -0.2) is 5.78 Å². The molecular weight excluding hydrogens is 136 g/mol. The number of rotatable bonds is 1. The summed E-state index contributed by atoms with van der Waals surface area (Å²) in [6.45, 7) is 7.75. The minimum atomic E-state index is 0.220. The van der Waals surface area contributed by atoms with E-state index >= 15 is 0 Å². The Bertz CT molecular complexity index is 223. The Labute approximate surface area is 67.8 Å². The minimum Gasteiger partial charge on any atom is -0.295 e. The quantitative estimate of drug-likeness (QED) is 0.561. The highest BCUT2D eigenvalue weighted by Crippen LogP contribution is 2.24. The maximum Gasteiger partial charge on any atom is 0.158 e. The van der Waals surface area contributed by atoms with Gasteiger partial charge in [-0.2, -0.15) is 0 Å². The molecule has 0 radical (unpaired) electrons. The zero-order chi connectivity index (χ0) is 8.43. The minimum absolute atomic E-state index is 0.220. The molecule has 0 aromatic heterocycles. The molecule has 1 atom stereocenters. The van der Waals surface area contributed by atoms with E-state index in [1.54, 1.807) is 6.08 Å². The fourth-order valence-electron chi connectivity index (χ4n) is 1.24. The van der Waals surface area contributed by atoms with Crippen molar-refractivity contribution >= 4 is 5.78 Å². The second-order valence-corrected chi connectivity index (χ2v) is 3.29. The Kier molecular flexibility index (Phi) is 2.28. The van der Waals surface area contributed by atoms with Crippen LogP contribution < -0.4 is 0 Å². The molecule has 0 saturated heterocycles. The first-order chi connectivity index (χ1) is 5.11. The molecule has 60 valence electrons. The van der Waals surface area contributed by atoms with E-state index in [1.165, 1.54) is 0 Å². The molecule has 0 aromatic carbocycles. The average Bonchev–Trinajstić information content (AvgIpc) is 1.94. The summed E-state index contributed by atoms with van der Waals surface area (Å²) in [6.07, 6.45) is 3.75. The van der Waals surface area contributed by atoms with E-state index in [1.807, 2.05) is 13.8 Å². The number of ketones is 1. The summed E-state index contributed by atoms with van der Waals surface area (Å²) in [5.41, 5.74) is 2.17. The van der Waals surface area contributed by atoms with E-state index in [0.29, 0.717) is 0 Å². The van der Waals surface area contributed by atoms with Gasteiger partial charge in [0.15, 0.2) is 5.78 Å². The van der Waals surface area contributed by atoms with Gasteiger partial charge in [0.25, 0.3) is 0 Å². The van der Waals surface area contributed by atoms with Crippen molar-refractivity contribution in [1.82, 2.24) is 0 Å². The van der Waals surface area contributed by atoms with Gasteiger partial charge in [-0.15, -0.1) is 0 Å². The molecule has 1 nitrogen and oxygen atoms in total. The SMILES string of the molecule is C=C(C)C1=CC(=O)[C@H](C)CC1. The van der Waals surface area contributed by atoms with Gasteiger partial charge in [0.1, 0.15) is 0 Å². The van der Waals surface area contributed by atoms with Crippen molar-refractivity contribution in [3.05, 3.63) is 23.8 Å². The number of carbonyl (C=O) groups excluding carboxylic acids is 1. The second-order valence-electron chi connectivity index (χ2n) is 3.29. The van der Waals surface area contributed by atoms with Gasteiger partial charge in [-0.3, -0.25) is 4.79 Å². The van der Waals surface area contributed by atoms with Crippen LogP contribution in [0.25, 0.3) is 0 Å². The number of hydrogen-bond donors (Lipinski definition) is 0. The summed E-state index contributed by atoms with van der Waals surface area (Å²) < 4.78 is 0. The van der Waals surface area contributed by atoms with Crippen molar-refractivity contribution in [2.75, 3.05) is 0 Å². The van der Waals surface area contributed by atoms with E-state index in [0.717, 1.165) is 24.0 Å². The van der Waals surface area contributed by atoms with E-state index in [2.05, 4.69) is 6.58 Å². The third-order valence-electron chi connectivity index (χ3n) is 2.20. The molecule has 1 aliphatic carbocycles. The molecule has 0 saturated carbocycles. The van der Waals surface area contributed by atoms with Crippen LogP contribution in [0.15, 0.2) is 23.8 Å². The fourth-order valence-corrected chi connectivity index (χ4v) is 1.24. The molecular formula is C10H14O. The van der Waals surface area contributed by atoms with Crippen molar-refractivity contribution in [2.45, 2.75) is 26.7 Å². The van der Waals surface area contributed by atoms with Gasteiger partial charge < -0.3 is 0 Å². The lowest BCUT2D eigenvalue weighted by atomic mass is 9.87. The Morgan fingerprint density at radius 1 is 1.73 bits per heavy atom. The van der Waals surface area contributed by atoms with E-state index in [9.17, 15) is 4.79 Å². The standard InChI is InChI=1S/C10H14O/c1-7(2)9-5-4-8(3)10(11)6-9/h6,8H,1,4-5H2,2-3H3/t8-/m1/s1. The predicted molar refractivity (Wildman–Crippen MR) is 46.3 cm³/mol. The van der Waals surface area contributed by atoms with Gasteiger partial charge >= 0.3 is 0 Å². The van der Waals surface area contributed by atoms with Crippen molar-refractivity contribution in [2.24, 2.45) is 5.92 Å². The molecule has 0 aliphatic heterocycles. The first-order valence-corrected chi connectivity index (χ1v) is 4.01. The fraction of sp³-hybridized carbons (Fsp3) is 0.500. The van der Waals surface area contributed by atoms with Crippen LogP contribution in [0.1, 0.15) is 26.7 Å². The van der Waals surface area contributed by atoms with Crippen molar-refractivity contribution in [1.29, 1.82) is 0 Å². The van der Waals surface area contributed by atoms with Crippen molar-refractivity contribution in [3.63, 3.8) is 0 Å². The van der Waals surface area contributed by atoms with E-state index in [-0.39, 0.29) is 11.7 Å². The largest absolute Gasteiger partial charge is 0.295 e. The van der Waals surface area contributed by atoms with Crippen LogP contribution in [0.5, 0.6) is 0 Å². The molecule has 1 aliphatic rings. The normalized spacial score (nSPS) is 24.7. The van der Waals surface area contributed by atoms with Crippen LogP contribution in [0.2, 0.25) is 0 Å². The highest BCUT2D eigenvalue weighted by molar-refractivity contribution is 5.93. The van der Waals surface area contributed by atoms with Gasteiger partial charge in [-0.1, -0.05) is 19.1 Å². The zero-order valence-corrected chi connectivity index (χ0v) is 7.18. The molecule has 0 amide bonds. The topological polar surface area (TPSA) is 17.1 Å². The lowest BCUT2D eigenvalue weighted by Crippen LogP contribution is -2.14. The number of allylic oxidation sites excluding steroid dienone is 3. The Hall–Kier alpha value is -0.850. The molecule has 1 rings (SSSR count). The molecule has 0 spiro atoms. The van der Waals surface area contributed by atoms with E-state index < -0.39 is 0 Å². The number of hydrogen-bond acceptors (Lipinski definition) is 1. The van der Waals surface area contributed by atoms with Gasteiger partial charge in [0.2, 0.25) is 0 Å². The highest BCUT2D eigenvalue weighted by Gasteiger charge is 2.17. The van der Waals surface area contributed by atoms with Crippen LogP contribution in [0.4, 0.5) is 0 Å². The van der Waals surface area contributed by atoms with Crippen molar-refractivity contribution < 1.29 is 4.79 Å². The summed E-state index contributed by atoms with van der Waals surface area (Å²) in [5.74, 6) is 0.479. The van der Waals surface area contributed by atoms with Gasteiger partial charge in [-0.05, 0) is 31.4 Å². The Morgan fingerprint density at radius 2 is 2.36 bits per heavy atom. The van der Waals surface area contributed by atoms with Crippen molar-refractivity contribution in [3.8, 4) is 0 Å². The molecule has 0 fully saturated rings. The Balaban J connectivity index is 2.79. The summed E-state index contributed by atoms with van der Waals surface area (Å²) in [4.78, 5) is 11.2. The maximum atomic E-state index is 11.2. The zero-order valence-electron chi connectivity index (χ0n) is 7.18. The third-order valence-corrected chi connectivity index (χ3v) is 2.20. The molecule has 1 heteroatoms. The smallest absolute Gasteiger partial charge is 0.158 e. The monoisotopic (exact) mass is 150 g/mol. The van der Waals surface area contributed by atoms with Crippen LogP contribution >= 0.6 is 0 Å². The van der Waals surface area contributed by atoms with Gasteiger partial charge in [0.05, 0.1) is 0 Å². The molecule has 0 aromatic rings. The maximum absolute atomic E-state index is 11.2. The second kappa shape index (κ2) is 3.04. The number of carbonyl (C=O) groups is 1. The average molecular weight is 150 g/mol. The van der Waals surface area contributed by atoms with Crippen LogP contribution in [-0.2, 0) is 4.79 Å². The molecule has 11 heavy (non-hydrogen) atoms. The molecule has 0 unspecified atom stereocenters. The lowest BCUT2D eigenvalue weighted by Gasteiger charge is -2.16. The predicted octanol–water partition coefficient (Wildman–Crippen LogP) is 2.49. The highest BCUT2D eigenvalue weighted by atomic mass is 16.1. The van der Waals surface area contributed by atoms with Gasteiger partial charge in [0, 0.05) is 5.92 Å². The van der Waals surface area contributed by atoms with E-state index in [4.69, 9.17) is 0 Å². The first-order valence-electron chi connectivity index (χ1n) is 4.01. The van der Waals surface area contributed by atoms with Gasteiger partial charge in [-0.25, -0.2) is 0 Å². The summed E-state index contributed by atoms with van der Waals surface area (Å²) in [6, 6.07) is 0. The first kappa shape index (κ1) is 8.25. The third kappa shape index (κ3) is 1.79. The summed E-state index contributed by atoms with van der Waals surface area (Å²) >= 11 is 0. The molecule has 0 heterocycles. The van der Waals surface area contributed by atoms with Crippen LogP contribution in [0, 0.1) is 5.92 Å². The summed E-state index contributed by atoms with van der Waals surface area (Å²) in [5, 5.41) is 0. The summed E-state index contributed by atoms with van der Waals surface area (Å²) in [7, 11) is 0. The van der Waals surface area contributed by atoms with Crippen LogP contribution in [0.3, 0.4) is 0 Å². The Morgan fingerprint density at radius 3 is 2.82 bits per heavy atom. The lowest BCUT2D eigenvalue weighted by molar-refractivity contribution is -0.118.